The maximum absolute atomic E-state index is 11.5. The largest absolute Gasteiger partial charge is 0.494 e. The molecule has 0 saturated heterocycles. The molecule has 0 aliphatic heterocycles. The second-order valence-electron chi connectivity index (χ2n) is 8.23. The van der Waals surface area contributed by atoms with E-state index in [1.807, 2.05) is 19.1 Å². The molecule has 1 N–H and O–H groups in total. The van der Waals surface area contributed by atoms with Gasteiger partial charge in [-0.25, -0.2) is 0 Å². The van der Waals surface area contributed by atoms with E-state index in [0.29, 0.717) is 6.61 Å². The van der Waals surface area contributed by atoms with Crippen LogP contribution < -0.4 is 4.74 Å². The molecule has 0 radical (unpaired) electrons. The minimum atomic E-state index is -0.715. The molecular weight excluding hydrogens is 272 g/mol. The van der Waals surface area contributed by atoms with Crippen LogP contribution in [0, 0.1) is 23.2 Å². The Bertz CT molecular complexity index is 508. The van der Waals surface area contributed by atoms with Crippen LogP contribution in [0.3, 0.4) is 0 Å². The van der Waals surface area contributed by atoms with Gasteiger partial charge in [0.2, 0.25) is 0 Å². The molecule has 1 aromatic rings. The molecule has 0 spiro atoms. The highest BCUT2D eigenvalue weighted by Crippen LogP contribution is 2.65. The summed E-state index contributed by atoms with van der Waals surface area (Å²) in [5.41, 5.74) is 0.459. The van der Waals surface area contributed by atoms with Crippen LogP contribution in [0.25, 0.3) is 0 Å². The average molecular weight is 300 g/mol. The number of ether oxygens (including phenoxy) is 1. The maximum atomic E-state index is 11.5. The molecule has 22 heavy (non-hydrogen) atoms. The summed E-state index contributed by atoms with van der Waals surface area (Å²) in [7, 11) is 0. The topological polar surface area (TPSA) is 29.5 Å². The first kappa shape index (κ1) is 14.6. The number of benzene rings is 1. The molecule has 4 bridgehead atoms. The van der Waals surface area contributed by atoms with Gasteiger partial charge in [-0.05, 0) is 87.8 Å². The van der Waals surface area contributed by atoms with Crippen LogP contribution in [0.5, 0.6) is 5.75 Å². The van der Waals surface area contributed by atoms with E-state index in [4.69, 9.17) is 4.74 Å². The minimum Gasteiger partial charge on any atom is -0.494 e. The van der Waals surface area contributed by atoms with E-state index < -0.39 is 5.60 Å². The van der Waals surface area contributed by atoms with E-state index in [-0.39, 0.29) is 5.41 Å². The monoisotopic (exact) mass is 300 g/mol. The van der Waals surface area contributed by atoms with Crippen LogP contribution >= 0.6 is 0 Å². The fourth-order valence-corrected chi connectivity index (χ4v) is 6.06. The van der Waals surface area contributed by atoms with Crippen LogP contribution in [0.15, 0.2) is 24.3 Å². The first-order chi connectivity index (χ1) is 10.5. The molecule has 4 aliphatic carbocycles. The molecule has 0 heterocycles. The molecular formula is C20H28O2. The van der Waals surface area contributed by atoms with Crippen molar-refractivity contribution in [1.29, 1.82) is 0 Å². The van der Waals surface area contributed by atoms with Gasteiger partial charge in [0.15, 0.2) is 0 Å². The Morgan fingerprint density at radius 2 is 1.55 bits per heavy atom. The van der Waals surface area contributed by atoms with E-state index in [0.717, 1.165) is 29.1 Å². The Morgan fingerprint density at radius 3 is 2.00 bits per heavy atom. The lowest BCUT2D eigenvalue weighted by Gasteiger charge is -2.61. The smallest absolute Gasteiger partial charge is 0.119 e. The summed E-state index contributed by atoms with van der Waals surface area (Å²) >= 11 is 0. The number of aliphatic hydroxyl groups is 1. The summed E-state index contributed by atoms with van der Waals surface area (Å²) in [6, 6.07) is 8.16. The van der Waals surface area contributed by atoms with Crippen LogP contribution in [-0.4, -0.2) is 11.7 Å². The fourth-order valence-electron chi connectivity index (χ4n) is 6.06. The summed E-state index contributed by atoms with van der Waals surface area (Å²) in [6.07, 6.45) is 7.91. The summed E-state index contributed by atoms with van der Waals surface area (Å²) < 4.78 is 5.54. The van der Waals surface area contributed by atoms with Crippen molar-refractivity contribution in [3.8, 4) is 5.75 Å². The highest BCUT2D eigenvalue weighted by molar-refractivity contribution is 5.33. The lowest BCUT2D eigenvalue weighted by Crippen LogP contribution is -2.55. The standard InChI is InChI=1S/C20H28O2/c1-3-22-18-6-4-17(5-7-18)19(2,21)20-11-14-8-15(12-20)10-16(9-14)13-20/h4-7,14-16,21H,3,8-13H2,1-2H3. The Labute approximate surface area is 133 Å². The molecule has 120 valence electrons. The summed E-state index contributed by atoms with van der Waals surface area (Å²) in [5.74, 6) is 3.48. The van der Waals surface area contributed by atoms with Crippen LogP contribution in [0.4, 0.5) is 0 Å². The van der Waals surface area contributed by atoms with E-state index in [1.165, 1.54) is 38.5 Å². The Kier molecular flexibility index (Phi) is 3.30. The second-order valence-corrected chi connectivity index (χ2v) is 8.23. The van der Waals surface area contributed by atoms with Gasteiger partial charge < -0.3 is 9.84 Å². The number of hydrogen-bond donors (Lipinski definition) is 1. The molecule has 4 saturated carbocycles. The third-order valence-corrected chi connectivity index (χ3v) is 6.80. The molecule has 2 nitrogen and oxygen atoms in total. The van der Waals surface area contributed by atoms with E-state index in [1.54, 1.807) is 0 Å². The van der Waals surface area contributed by atoms with Gasteiger partial charge in [0.1, 0.15) is 5.75 Å². The van der Waals surface area contributed by atoms with Gasteiger partial charge in [-0.1, -0.05) is 12.1 Å². The van der Waals surface area contributed by atoms with E-state index in [9.17, 15) is 5.11 Å². The second kappa shape index (κ2) is 4.99. The van der Waals surface area contributed by atoms with E-state index in [2.05, 4.69) is 19.1 Å². The van der Waals surface area contributed by atoms with Gasteiger partial charge in [0.05, 0.1) is 12.2 Å². The fraction of sp³-hybridized carbons (Fsp3) is 0.700. The third kappa shape index (κ3) is 2.11. The highest BCUT2D eigenvalue weighted by atomic mass is 16.5. The summed E-state index contributed by atoms with van der Waals surface area (Å²) in [6.45, 7) is 4.75. The normalized spacial score (nSPS) is 38.8. The van der Waals surface area contributed by atoms with Gasteiger partial charge in [-0.3, -0.25) is 0 Å². The molecule has 2 heteroatoms. The summed E-state index contributed by atoms with van der Waals surface area (Å²) in [4.78, 5) is 0. The zero-order valence-corrected chi connectivity index (χ0v) is 13.8. The van der Waals surface area contributed by atoms with Crippen LogP contribution in [0.1, 0.15) is 57.9 Å². The van der Waals surface area contributed by atoms with Gasteiger partial charge in [0.25, 0.3) is 0 Å². The van der Waals surface area contributed by atoms with Crippen molar-refractivity contribution < 1.29 is 9.84 Å². The number of rotatable bonds is 4. The van der Waals surface area contributed by atoms with Gasteiger partial charge in [-0.15, -0.1) is 0 Å². The molecule has 4 fully saturated rings. The molecule has 0 amide bonds. The first-order valence-corrected chi connectivity index (χ1v) is 8.98. The Morgan fingerprint density at radius 1 is 1.05 bits per heavy atom. The minimum absolute atomic E-state index is 0.106. The molecule has 4 aliphatic rings. The highest BCUT2D eigenvalue weighted by Gasteiger charge is 2.58. The predicted molar refractivity (Wildman–Crippen MR) is 87.8 cm³/mol. The zero-order chi connectivity index (χ0) is 15.4. The van der Waals surface area contributed by atoms with Crippen LogP contribution in [-0.2, 0) is 5.60 Å². The van der Waals surface area contributed by atoms with Gasteiger partial charge in [0, 0.05) is 5.41 Å². The maximum Gasteiger partial charge on any atom is 0.119 e. The van der Waals surface area contributed by atoms with Crippen molar-refractivity contribution in [2.45, 2.75) is 58.0 Å². The van der Waals surface area contributed by atoms with Crippen molar-refractivity contribution in [3.63, 3.8) is 0 Å². The van der Waals surface area contributed by atoms with Crippen molar-refractivity contribution in [2.75, 3.05) is 6.61 Å². The molecule has 1 unspecified atom stereocenters. The molecule has 1 atom stereocenters. The Hall–Kier alpha value is -1.02. The Balaban J connectivity index is 1.65. The van der Waals surface area contributed by atoms with Gasteiger partial charge >= 0.3 is 0 Å². The lowest BCUT2D eigenvalue weighted by molar-refractivity contribution is -0.176. The van der Waals surface area contributed by atoms with E-state index >= 15 is 0 Å². The van der Waals surface area contributed by atoms with Crippen molar-refractivity contribution in [1.82, 2.24) is 0 Å². The zero-order valence-electron chi connectivity index (χ0n) is 13.8. The number of hydrogen-bond acceptors (Lipinski definition) is 2. The first-order valence-electron chi connectivity index (χ1n) is 8.98. The molecule has 5 rings (SSSR count). The quantitative estimate of drug-likeness (QED) is 0.886. The lowest BCUT2D eigenvalue weighted by atomic mass is 9.45. The SMILES string of the molecule is CCOc1ccc(C(C)(O)C23CC4CC(CC(C4)C2)C3)cc1. The molecule has 1 aromatic carbocycles. The van der Waals surface area contributed by atoms with Crippen molar-refractivity contribution in [3.05, 3.63) is 29.8 Å². The van der Waals surface area contributed by atoms with Crippen LogP contribution in [0.2, 0.25) is 0 Å². The average Bonchev–Trinajstić information content (AvgIpc) is 2.46. The molecule has 0 aromatic heterocycles. The predicted octanol–water partition coefficient (Wildman–Crippen LogP) is 4.51. The van der Waals surface area contributed by atoms with Crippen molar-refractivity contribution >= 4 is 0 Å². The van der Waals surface area contributed by atoms with Crippen molar-refractivity contribution in [2.24, 2.45) is 23.2 Å². The van der Waals surface area contributed by atoms with Gasteiger partial charge in [-0.2, -0.15) is 0 Å². The summed E-state index contributed by atoms with van der Waals surface area (Å²) in [5, 5.41) is 11.5. The third-order valence-electron chi connectivity index (χ3n) is 6.80.